The highest BCUT2D eigenvalue weighted by Gasteiger charge is 2.18. The minimum Gasteiger partial charge on any atom is -0.393 e. The highest BCUT2D eigenvalue weighted by molar-refractivity contribution is 5.02. The second-order valence-electron chi connectivity index (χ2n) is 4.62. The molecule has 1 atom stereocenters. The molecule has 1 unspecified atom stereocenters. The average molecular weight is 184 g/mol. The van der Waals surface area contributed by atoms with Gasteiger partial charge in [0.1, 0.15) is 0 Å². The Labute approximate surface area is 82.9 Å². The summed E-state index contributed by atoms with van der Waals surface area (Å²) in [4.78, 5) is 0. The maximum Gasteiger partial charge on any atom is 0.0537 e. The van der Waals surface area contributed by atoms with E-state index in [1.54, 1.807) is 0 Å². The van der Waals surface area contributed by atoms with E-state index >= 15 is 0 Å². The third-order valence-electron chi connectivity index (χ3n) is 2.97. The lowest BCUT2D eigenvalue weighted by Gasteiger charge is -2.25. The van der Waals surface area contributed by atoms with Crippen LogP contribution in [0.5, 0.6) is 0 Å². The van der Waals surface area contributed by atoms with Crippen molar-refractivity contribution >= 4 is 0 Å². The van der Waals surface area contributed by atoms with Gasteiger partial charge in [-0.3, -0.25) is 0 Å². The highest BCUT2D eigenvalue weighted by Crippen LogP contribution is 2.30. The molecular weight excluding hydrogens is 160 g/mol. The van der Waals surface area contributed by atoms with Gasteiger partial charge in [0, 0.05) is 0 Å². The molecule has 1 heteroatoms. The second kappa shape index (κ2) is 5.43. The fourth-order valence-corrected chi connectivity index (χ4v) is 1.20. The van der Waals surface area contributed by atoms with Gasteiger partial charge >= 0.3 is 0 Å². The predicted octanol–water partition coefficient (Wildman–Crippen LogP) is 3.53. The number of allylic oxidation sites excluding steroid dienone is 1. The van der Waals surface area contributed by atoms with E-state index in [2.05, 4.69) is 27.4 Å². The molecule has 0 aliphatic heterocycles. The first kappa shape index (κ1) is 12.7. The summed E-state index contributed by atoms with van der Waals surface area (Å²) in [6.45, 7) is 12.5. The Morgan fingerprint density at radius 3 is 2.38 bits per heavy atom. The van der Waals surface area contributed by atoms with E-state index in [0.717, 1.165) is 25.7 Å². The quantitative estimate of drug-likeness (QED) is 0.626. The van der Waals surface area contributed by atoms with E-state index in [1.807, 2.05) is 6.92 Å². The van der Waals surface area contributed by atoms with E-state index < -0.39 is 0 Å². The van der Waals surface area contributed by atoms with Gasteiger partial charge in [0.2, 0.25) is 0 Å². The average Bonchev–Trinajstić information content (AvgIpc) is 2.03. The summed E-state index contributed by atoms with van der Waals surface area (Å²) < 4.78 is 0. The molecule has 0 aromatic carbocycles. The Balaban J connectivity index is 3.70. The van der Waals surface area contributed by atoms with Crippen LogP contribution < -0.4 is 0 Å². The molecule has 13 heavy (non-hydrogen) atoms. The molecule has 0 aromatic rings. The van der Waals surface area contributed by atoms with Crippen LogP contribution in [-0.4, -0.2) is 11.2 Å². The third kappa shape index (κ3) is 5.09. The summed E-state index contributed by atoms with van der Waals surface area (Å²) in [5.74, 6) is 0. The Hall–Kier alpha value is -0.300. The van der Waals surface area contributed by atoms with Crippen LogP contribution in [0.1, 0.15) is 53.4 Å². The Morgan fingerprint density at radius 2 is 2.00 bits per heavy atom. The molecule has 78 valence electrons. The molecule has 0 aliphatic carbocycles. The summed E-state index contributed by atoms with van der Waals surface area (Å²) in [5.41, 5.74) is 1.46. The fourth-order valence-electron chi connectivity index (χ4n) is 1.20. The van der Waals surface area contributed by atoms with Crippen LogP contribution in [0.25, 0.3) is 0 Å². The smallest absolute Gasteiger partial charge is 0.0537 e. The first-order valence-electron chi connectivity index (χ1n) is 5.24. The van der Waals surface area contributed by atoms with E-state index in [-0.39, 0.29) is 11.5 Å². The maximum absolute atomic E-state index is 9.37. The lowest BCUT2D eigenvalue weighted by molar-refractivity contribution is 0.152. The Morgan fingerprint density at radius 1 is 1.46 bits per heavy atom. The molecule has 0 spiro atoms. The summed E-state index contributed by atoms with van der Waals surface area (Å²) >= 11 is 0. The van der Waals surface area contributed by atoms with E-state index in [0.29, 0.717) is 0 Å². The molecular formula is C12H24O. The van der Waals surface area contributed by atoms with Crippen LogP contribution in [-0.2, 0) is 0 Å². The number of aliphatic hydroxyl groups is 1. The zero-order chi connectivity index (χ0) is 10.5. The van der Waals surface area contributed by atoms with Crippen LogP contribution >= 0.6 is 0 Å². The van der Waals surface area contributed by atoms with Gasteiger partial charge in [0.25, 0.3) is 0 Å². The molecule has 0 aromatic heterocycles. The van der Waals surface area contributed by atoms with Gasteiger partial charge in [-0.25, -0.2) is 0 Å². The van der Waals surface area contributed by atoms with Crippen LogP contribution in [0.2, 0.25) is 0 Å². The SMILES string of the molecule is C=C(C)C(C)(C)CCCC(O)CC. The molecule has 1 N–H and O–H groups in total. The van der Waals surface area contributed by atoms with Crippen LogP contribution in [0.15, 0.2) is 12.2 Å². The van der Waals surface area contributed by atoms with Gasteiger partial charge in [-0.1, -0.05) is 39.3 Å². The third-order valence-corrected chi connectivity index (χ3v) is 2.97. The number of hydrogen-bond acceptors (Lipinski definition) is 1. The van der Waals surface area contributed by atoms with Crippen molar-refractivity contribution in [3.05, 3.63) is 12.2 Å². The number of hydrogen-bond donors (Lipinski definition) is 1. The predicted molar refractivity (Wildman–Crippen MR) is 58.7 cm³/mol. The van der Waals surface area contributed by atoms with Crippen LogP contribution in [0.4, 0.5) is 0 Å². The van der Waals surface area contributed by atoms with Gasteiger partial charge in [-0.05, 0) is 31.6 Å². The molecule has 0 heterocycles. The highest BCUT2D eigenvalue weighted by atomic mass is 16.3. The van der Waals surface area contributed by atoms with Gasteiger partial charge in [-0.15, -0.1) is 0 Å². The van der Waals surface area contributed by atoms with Crippen molar-refractivity contribution in [3.8, 4) is 0 Å². The van der Waals surface area contributed by atoms with Gasteiger partial charge in [-0.2, -0.15) is 0 Å². The van der Waals surface area contributed by atoms with Crippen molar-refractivity contribution in [1.82, 2.24) is 0 Å². The summed E-state index contributed by atoms with van der Waals surface area (Å²) in [6.07, 6.45) is 3.90. The lowest BCUT2D eigenvalue weighted by Crippen LogP contribution is -2.13. The Kier molecular flexibility index (Phi) is 5.31. The lowest BCUT2D eigenvalue weighted by atomic mass is 9.81. The first-order chi connectivity index (χ1) is 5.90. The minimum absolute atomic E-state index is 0.110. The van der Waals surface area contributed by atoms with E-state index in [4.69, 9.17) is 0 Å². The minimum atomic E-state index is -0.110. The topological polar surface area (TPSA) is 20.2 Å². The van der Waals surface area contributed by atoms with Crippen LogP contribution in [0.3, 0.4) is 0 Å². The summed E-state index contributed by atoms with van der Waals surface area (Å²) in [7, 11) is 0. The van der Waals surface area contributed by atoms with Crippen molar-refractivity contribution in [3.63, 3.8) is 0 Å². The maximum atomic E-state index is 9.37. The zero-order valence-electron chi connectivity index (χ0n) is 9.56. The summed E-state index contributed by atoms with van der Waals surface area (Å²) in [5, 5.41) is 9.37. The molecule has 0 saturated heterocycles. The fraction of sp³-hybridized carbons (Fsp3) is 0.833. The molecule has 0 aliphatic rings. The van der Waals surface area contributed by atoms with E-state index in [9.17, 15) is 5.11 Å². The first-order valence-corrected chi connectivity index (χ1v) is 5.24. The van der Waals surface area contributed by atoms with Gasteiger partial charge in [0.05, 0.1) is 6.10 Å². The number of rotatable bonds is 6. The number of aliphatic hydroxyl groups excluding tert-OH is 1. The molecule has 0 saturated carbocycles. The Bertz CT molecular complexity index is 159. The van der Waals surface area contributed by atoms with Crippen LogP contribution in [0, 0.1) is 5.41 Å². The molecule has 0 fully saturated rings. The molecule has 0 bridgehead atoms. The van der Waals surface area contributed by atoms with Crippen molar-refractivity contribution in [1.29, 1.82) is 0 Å². The molecule has 1 nitrogen and oxygen atoms in total. The van der Waals surface area contributed by atoms with Crippen molar-refractivity contribution < 1.29 is 5.11 Å². The zero-order valence-corrected chi connectivity index (χ0v) is 9.56. The van der Waals surface area contributed by atoms with Gasteiger partial charge in [0.15, 0.2) is 0 Å². The normalized spacial score (nSPS) is 14.2. The van der Waals surface area contributed by atoms with Crippen molar-refractivity contribution in [2.24, 2.45) is 5.41 Å². The molecule has 0 amide bonds. The second-order valence-corrected chi connectivity index (χ2v) is 4.62. The monoisotopic (exact) mass is 184 g/mol. The summed E-state index contributed by atoms with van der Waals surface area (Å²) in [6, 6.07) is 0. The van der Waals surface area contributed by atoms with E-state index in [1.165, 1.54) is 5.57 Å². The standard InChI is InChI=1S/C12H24O/c1-6-11(13)8-7-9-12(4,5)10(2)3/h11,13H,2,6-9H2,1,3-5H3. The van der Waals surface area contributed by atoms with Crippen molar-refractivity contribution in [2.75, 3.05) is 0 Å². The van der Waals surface area contributed by atoms with Crippen molar-refractivity contribution in [2.45, 2.75) is 59.5 Å². The van der Waals surface area contributed by atoms with Gasteiger partial charge < -0.3 is 5.11 Å². The molecule has 0 rings (SSSR count). The largest absolute Gasteiger partial charge is 0.393 e. The molecule has 0 radical (unpaired) electrons.